The summed E-state index contributed by atoms with van der Waals surface area (Å²) < 4.78 is 2.00. The molecule has 0 bridgehead atoms. The number of nitrogens with one attached hydrogen (secondary N) is 1. The summed E-state index contributed by atoms with van der Waals surface area (Å²) in [7, 11) is 2.03. The maximum Gasteiger partial charge on any atom is 0.0625 e. The van der Waals surface area contributed by atoms with Gasteiger partial charge in [0.25, 0.3) is 0 Å². The summed E-state index contributed by atoms with van der Waals surface area (Å²) in [6.07, 6.45) is 5.14. The molecule has 0 aliphatic heterocycles. The van der Waals surface area contributed by atoms with Crippen LogP contribution in [-0.2, 0) is 20.0 Å². The van der Waals surface area contributed by atoms with E-state index < -0.39 is 0 Å². The Labute approximate surface area is 98.2 Å². The van der Waals surface area contributed by atoms with Gasteiger partial charge in [-0.2, -0.15) is 5.10 Å². The molecule has 1 aliphatic rings. The van der Waals surface area contributed by atoms with Gasteiger partial charge in [0.1, 0.15) is 0 Å². The van der Waals surface area contributed by atoms with Crippen molar-refractivity contribution < 1.29 is 0 Å². The molecule has 0 atom stereocenters. The highest BCUT2D eigenvalue weighted by molar-refractivity contribution is 5.10. The third-order valence-corrected chi connectivity index (χ3v) is 3.90. The van der Waals surface area contributed by atoms with Gasteiger partial charge in [0, 0.05) is 20.1 Å². The van der Waals surface area contributed by atoms with Crippen LogP contribution in [0, 0.1) is 5.41 Å². The van der Waals surface area contributed by atoms with Crippen molar-refractivity contribution in [3.8, 4) is 0 Å². The van der Waals surface area contributed by atoms with Crippen molar-refractivity contribution >= 4 is 0 Å². The quantitative estimate of drug-likeness (QED) is 0.798. The summed E-state index contributed by atoms with van der Waals surface area (Å²) in [5.41, 5.74) is 3.12. The average Bonchev–Trinajstić information content (AvgIpc) is 2.98. The van der Waals surface area contributed by atoms with Crippen LogP contribution < -0.4 is 5.32 Å². The highest BCUT2D eigenvalue weighted by atomic mass is 15.3. The van der Waals surface area contributed by atoms with E-state index in [1.807, 2.05) is 11.7 Å². The lowest BCUT2D eigenvalue weighted by molar-refractivity contribution is 0.438. The Morgan fingerprint density at radius 2 is 2.19 bits per heavy atom. The fourth-order valence-corrected chi connectivity index (χ4v) is 2.20. The van der Waals surface area contributed by atoms with Crippen LogP contribution in [0.3, 0.4) is 0 Å². The molecule has 3 nitrogen and oxygen atoms in total. The molecular weight excluding hydrogens is 198 g/mol. The minimum atomic E-state index is 0.631. The average molecular weight is 221 g/mol. The Morgan fingerprint density at radius 1 is 1.44 bits per heavy atom. The molecular formula is C13H23N3. The van der Waals surface area contributed by atoms with E-state index in [-0.39, 0.29) is 0 Å². The standard InChI is InChI=1S/C13H23N3/c1-4-11-8-12(16(3)15-11)9-14-10-13(5-2)6-7-13/h8,14H,4-7,9-10H2,1-3H3. The van der Waals surface area contributed by atoms with E-state index in [9.17, 15) is 0 Å². The lowest BCUT2D eigenvalue weighted by atomic mass is 10.0. The van der Waals surface area contributed by atoms with Gasteiger partial charge in [0.2, 0.25) is 0 Å². The Morgan fingerprint density at radius 3 is 2.69 bits per heavy atom. The second-order valence-corrected chi connectivity index (χ2v) is 5.06. The maximum absolute atomic E-state index is 4.46. The molecule has 1 aliphatic carbocycles. The van der Waals surface area contributed by atoms with Gasteiger partial charge in [-0.15, -0.1) is 0 Å². The van der Waals surface area contributed by atoms with Gasteiger partial charge < -0.3 is 5.32 Å². The summed E-state index contributed by atoms with van der Waals surface area (Å²) in [6, 6.07) is 2.21. The summed E-state index contributed by atoms with van der Waals surface area (Å²) in [5, 5.41) is 8.03. The zero-order valence-electron chi connectivity index (χ0n) is 10.7. The molecule has 0 saturated heterocycles. The van der Waals surface area contributed by atoms with Crippen molar-refractivity contribution in [2.24, 2.45) is 12.5 Å². The molecule has 2 rings (SSSR count). The van der Waals surface area contributed by atoms with E-state index in [1.165, 1.54) is 30.7 Å². The second-order valence-electron chi connectivity index (χ2n) is 5.06. The third kappa shape index (κ3) is 2.46. The number of aryl methyl sites for hydroxylation is 2. The van der Waals surface area contributed by atoms with Gasteiger partial charge in [-0.1, -0.05) is 13.8 Å². The van der Waals surface area contributed by atoms with E-state index in [4.69, 9.17) is 0 Å². The second kappa shape index (κ2) is 4.58. The number of hydrogen-bond donors (Lipinski definition) is 1. The first-order chi connectivity index (χ1) is 7.69. The molecule has 0 spiro atoms. The van der Waals surface area contributed by atoms with Crippen LogP contribution in [0.5, 0.6) is 0 Å². The fourth-order valence-electron chi connectivity index (χ4n) is 2.20. The summed E-state index contributed by atoms with van der Waals surface area (Å²) in [4.78, 5) is 0. The summed E-state index contributed by atoms with van der Waals surface area (Å²) >= 11 is 0. The van der Waals surface area contributed by atoms with Crippen LogP contribution in [0.4, 0.5) is 0 Å². The van der Waals surface area contributed by atoms with Crippen molar-refractivity contribution in [1.29, 1.82) is 0 Å². The van der Waals surface area contributed by atoms with Crippen LogP contribution in [0.25, 0.3) is 0 Å². The molecule has 3 heteroatoms. The molecule has 0 unspecified atom stereocenters. The molecule has 1 heterocycles. The minimum absolute atomic E-state index is 0.631. The number of rotatable bonds is 6. The van der Waals surface area contributed by atoms with Crippen LogP contribution in [0.2, 0.25) is 0 Å². The summed E-state index contributed by atoms with van der Waals surface area (Å²) in [6.45, 7) is 6.56. The lowest BCUT2D eigenvalue weighted by Gasteiger charge is -2.13. The number of nitrogens with zero attached hydrogens (tertiary/aromatic N) is 2. The highest BCUT2D eigenvalue weighted by Gasteiger charge is 2.39. The van der Waals surface area contributed by atoms with Crippen LogP contribution in [0.15, 0.2) is 6.07 Å². The summed E-state index contributed by atoms with van der Waals surface area (Å²) in [5.74, 6) is 0. The van der Waals surface area contributed by atoms with E-state index in [2.05, 4.69) is 30.3 Å². The molecule has 1 N–H and O–H groups in total. The first-order valence-electron chi connectivity index (χ1n) is 6.41. The zero-order valence-corrected chi connectivity index (χ0v) is 10.7. The first kappa shape index (κ1) is 11.6. The van der Waals surface area contributed by atoms with Crippen LogP contribution >= 0.6 is 0 Å². The van der Waals surface area contributed by atoms with E-state index in [1.54, 1.807) is 0 Å². The SMILES string of the molecule is CCc1cc(CNCC2(CC)CC2)n(C)n1. The van der Waals surface area contributed by atoms with Crippen molar-refractivity contribution in [3.63, 3.8) is 0 Å². The number of aromatic nitrogens is 2. The van der Waals surface area contributed by atoms with E-state index in [0.29, 0.717) is 5.41 Å². The molecule has 1 fully saturated rings. The fraction of sp³-hybridized carbons (Fsp3) is 0.769. The lowest BCUT2D eigenvalue weighted by Crippen LogP contribution is -2.24. The first-order valence-corrected chi connectivity index (χ1v) is 6.41. The van der Waals surface area contributed by atoms with Crippen molar-refractivity contribution in [2.45, 2.75) is 46.1 Å². The molecule has 0 aromatic carbocycles. The highest BCUT2D eigenvalue weighted by Crippen LogP contribution is 2.47. The molecule has 1 aromatic heterocycles. The molecule has 1 saturated carbocycles. The molecule has 90 valence electrons. The topological polar surface area (TPSA) is 29.9 Å². The zero-order chi connectivity index (χ0) is 11.6. The van der Waals surface area contributed by atoms with Crippen molar-refractivity contribution in [1.82, 2.24) is 15.1 Å². The molecule has 0 amide bonds. The van der Waals surface area contributed by atoms with E-state index >= 15 is 0 Å². The Kier molecular flexibility index (Phi) is 3.33. The van der Waals surface area contributed by atoms with Gasteiger partial charge in [0.05, 0.1) is 11.4 Å². The van der Waals surface area contributed by atoms with Gasteiger partial charge in [-0.25, -0.2) is 0 Å². The van der Waals surface area contributed by atoms with Crippen LogP contribution in [0.1, 0.15) is 44.5 Å². The monoisotopic (exact) mass is 221 g/mol. The largest absolute Gasteiger partial charge is 0.311 e. The van der Waals surface area contributed by atoms with Gasteiger partial charge in [0.15, 0.2) is 0 Å². The molecule has 16 heavy (non-hydrogen) atoms. The van der Waals surface area contributed by atoms with E-state index in [0.717, 1.165) is 19.5 Å². The molecule has 1 aromatic rings. The Hall–Kier alpha value is -0.830. The number of hydrogen-bond acceptors (Lipinski definition) is 2. The van der Waals surface area contributed by atoms with Gasteiger partial charge in [-0.05, 0) is 37.2 Å². The smallest absolute Gasteiger partial charge is 0.0625 e. The molecule has 0 radical (unpaired) electrons. The predicted octanol–water partition coefficient (Wildman–Crippen LogP) is 2.26. The van der Waals surface area contributed by atoms with Crippen molar-refractivity contribution in [2.75, 3.05) is 6.54 Å². The van der Waals surface area contributed by atoms with Crippen LogP contribution in [-0.4, -0.2) is 16.3 Å². The third-order valence-electron chi connectivity index (χ3n) is 3.90. The predicted molar refractivity (Wildman–Crippen MR) is 66.3 cm³/mol. The van der Waals surface area contributed by atoms with Gasteiger partial charge in [-0.3, -0.25) is 4.68 Å². The normalized spacial score (nSPS) is 17.7. The van der Waals surface area contributed by atoms with Crippen molar-refractivity contribution in [3.05, 3.63) is 17.5 Å². The maximum atomic E-state index is 4.46. The minimum Gasteiger partial charge on any atom is -0.311 e. The Bertz CT molecular complexity index is 350. The Balaban J connectivity index is 1.82. The van der Waals surface area contributed by atoms with Gasteiger partial charge >= 0.3 is 0 Å².